The SMILES string of the molecule is COC(=O)c1ccccc1N1C(=O)[C@@H]2[C@H](C1=O)[C@@H](C(=O)c1cccc([N+](=O)[O-])c1)N1C=CC(C#N)=C[C@H]21. The van der Waals surface area contributed by atoms with E-state index in [2.05, 4.69) is 0 Å². The second-order valence-electron chi connectivity index (χ2n) is 8.68. The number of allylic oxidation sites excluding steroid dienone is 2. The van der Waals surface area contributed by atoms with Crippen molar-refractivity contribution in [1.29, 1.82) is 5.26 Å². The van der Waals surface area contributed by atoms with Crippen molar-refractivity contribution in [3.05, 3.63) is 93.7 Å². The van der Waals surface area contributed by atoms with Crippen molar-refractivity contribution in [3.8, 4) is 6.07 Å². The van der Waals surface area contributed by atoms with E-state index in [0.717, 1.165) is 11.0 Å². The zero-order valence-corrected chi connectivity index (χ0v) is 19.3. The molecule has 0 aliphatic carbocycles. The Bertz CT molecular complexity index is 1490. The monoisotopic (exact) mass is 498 g/mol. The van der Waals surface area contributed by atoms with Crippen molar-refractivity contribution in [2.45, 2.75) is 12.1 Å². The van der Waals surface area contributed by atoms with Crippen molar-refractivity contribution in [2.75, 3.05) is 12.0 Å². The first kappa shape index (κ1) is 23.6. The molecule has 0 bridgehead atoms. The topological polar surface area (TPSA) is 151 Å². The Labute approximate surface area is 210 Å². The van der Waals surface area contributed by atoms with E-state index >= 15 is 0 Å². The molecule has 3 aliphatic rings. The lowest BCUT2D eigenvalue weighted by molar-refractivity contribution is -0.384. The number of nitriles is 1. The van der Waals surface area contributed by atoms with Gasteiger partial charge in [0, 0.05) is 23.9 Å². The van der Waals surface area contributed by atoms with Gasteiger partial charge in [-0.25, -0.2) is 9.69 Å². The number of carbonyl (C=O) groups excluding carboxylic acids is 4. The Hall–Kier alpha value is -5.11. The summed E-state index contributed by atoms with van der Waals surface area (Å²) >= 11 is 0. The highest BCUT2D eigenvalue weighted by molar-refractivity contribution is 6.26. The highest BCUT2D eigenvalue weighted by atomic mass is 16.6. The van der Waals surface area contributed by atoms with E-state index in [-0.39, 0.29) is 28.1 Å². The van der Waals surface area contributed by atoms with Crippen LogP contribution < -0.4 is 4.90 Å². The van der Waals surface area contributed by atoms with Crippen molar-refractivity contribution in [1.82, 2.24) is 4.90 Å². The van der Waals surface area contributed by atoms with Crippen LogP contribution in [0.5, 0.6) is 0 Å². The van der Waals surface area contributed by atoms with E-state index in [1.807, 2.05) is 6.07 Å². The van der Waals surface area contributed by atoms with Gasteiger partial charge in [0.15, 0.2) is 5.78 Å². The summed E-state index contributed by atoms with van der Waals surface area (Å²) in [5.41, 5.74) is 0.0117. The maximum Gasteiger partial charge on any atom is 0.339 e. The van der Waals surface area contributed by atoms with Gasteiger partial charge in [-0.15, -0.1) is 0 Å². The summed E-state index contributed by atoms with van der Waals surface area (Å²) in [6, 6.07) is 11.2. The van der Waals surface area contributed by atoms with Crippen LogP contribution in [0.15, 0.2) is 72.5 Å². The van der Waals surface area contributed by atoms with Crippen molar-refractivity contribution < 1.29 is 28.8 Å². The molecule has 3 heterocycles. The molecule has 4 atom stereocenters. The predicted molar refractivity (Wildman–Crippen MR) is 127 cm³/mol. The molecule has 0 radical (unpaired) electrons. The standard InChI is InChI=1S/C26H18N4O7/c1-37-26(34)17-7-2-3-8-18(17)29-24(32)20-19-11-14(13-27)9-10-28(19)22(21(20)25(29)33)23(31)15-5-4-6-16(12-15)30(35)36/h2-12,19-22H,1H3/t19-,20+,21+,22+/m1/s1. The van der Waals surface area contributed by atoms with Crippen molar-refractivity contribution in [3.63, 3.8) is 0 Å². The van der Waals surface area contributed by atoms with Crippen LogP contribution in [-0.2, 0) is 14.3 Å². The van der Waals surface area contributed by atoms with Gasteiger partial charge in [0.05, 0.1) is 52.8 Å². The van der Waals surface area contributed by atoms with Crippen LogP contribution in [0.3, 0.4) is 0 Å². The minimum atomic E-state index is -1.17. The molecular weight excluding hydrogens is 480 g/mol. The van der Waals surface area contributed by atoms with Gasteiger partial charge in [0.2, 0.25) is 11.8 Å². The molecule has 37 heavy (non-hydrogen) atoms. The molecular formula is C26H18N4O7. The molecule has 0 aromatic heterocycles. The average molecular weight is 498 g/mol. The van der Waals surface area contributed by atoms with Gasteiger partial charge < -0.3 is 9.64 Å². The molecule has 2 saturated heterocycles. The molecule has 2 amide bonds. The van der Waals surface area contributed by atoms with Crippen molar-refractivity contribution >= 4 is 34.9 Å². The maximum absolute atomic E-state index is 13.8. The number of anilines is 1. The maximum atomic E-state index is 13.8. The number of para-hydroxylation sites is 1. The normalized spacial score (nSPS) is 23.7. The number of esters is 1. The molecule has 5 rings (SSSR count). The summed E-state index contributed by atoms with van der Waals surface area (Å²) in [5, 5.41) is 20.7. The molecule has 3 aliphatic heterocycles. The number of nitrogens with zero attached hydrogens (tertiary/aromatic N) is 4. The average Bonchev–Trinajstić information content (AvgIpc) is 3.39. The number of ketones is 1. The first-order valence-corrected chi connectivity index (χ1v) is 11.2. The lowest BCUT2D eigenvalue weighted by Gasteiger charge is -2.32. The number of imide groups is 1. The Morgan fingerprint density at radius 2 is 1.81 bits per heavy atom. The van der Waals surface area contributed by atoms with E-state index in [1.54, 1.807) is 17.0 Å². The summed E-state index contributed by atoms with van der Waals surface area (Å²) in [4.78, 5) is 66.8. The van der Waals surface area contributed by atoms with Crippen LogP contribution in [0.1, 0.15) is 20.7 Å². The number of methoxy groups -OCH3 is 1. The summed E-state index contributed by atoms with van der Waals surface area (Å²) in [6.07, 6.45) is 4.50. The fourth-order valence-corrected chi connectivity index (χ4v) is 5.25. The third-order valence-electron chi connectivity index (χ3n) is 6.84. The van der Waals surface area contributed by atoms with Gasteiger partial charge in [0.1, 0.15) is 6.04 Å². The number of Topliss-reactive ketones (excluding diaryl/α,β-unsaturated/α-hetero) is 1. The minimum Gasteiger partial charge on any atom is -0.465 e. The summed E-state index contributed by atoms with van der Waals surface area (Å²) in [7, 11) is 1.18. The minimum absolute atomic E-state index is 0.00175. The number of amides is 2. The zero-order valence-electron chi connectivity index (χ0n) is 19.3. The Morgan fingerprint density at radius 3 is 2.51 bits per heavy atom. The van der Waals surface area contributed by atoms with Crippen LogP contribution in [0.4, 0.5) is 11.4 Å². The summed E-state index contributed by atoms with van der Waals surface area (Å²) in [5.74, 6) is -4.83. The van der Waals surface area contributed by atoms with Gasteiger partial charge in [-0.05, 0) is 24.3 Å². The van der Waals surface area contributed by atoms with E-state index < -0.39 is 52.4 Å². The van der Waals surface area contributed by atoms with Crippen LogP contribution in [0, 0.1) is 33.3 Å². The highest BCUT2D eigenvalue weighted by Gasteiger charge is 2.63. The number of non-ortho nitro benzene ring substituents is 1. The molecule has 0 unspecified atom stereocenters. The lowest BCUT2D eigenvalue weighted by Crippen LogP contribution is -2.46. The van der Waals surface area contributed by atoms with E-state index in [1.165, 1.54) is 55.8 Å². The molecule has 184 valence electrons. The summed E-state index contributed by atoms with van der Waals surface area (Å²) in [6.45, 7) is 0. The molecule has 2 aromatic carbocycles. The van der Waals surface area contributed by atoms with E-state index in [4.69, 9.17) is 4.74 Å². The number of rotatable bonds is 5. The van der Waals surface area contributed by atoms with Gasteiger partial charge in [-0.3, -0.25) is 24.5 Å². The Morgan fingerprint density at radius 1 is 1.08 bits per heavy atom. The van der Waals surface area contributed by atoms with Crippen LogP contribution in [0.2, 0.25) is 0 Å². The molecule has 2 fully saturated rings. The predicted octanol–water partition coefficient (Wildman–Crippen LogP) is 2.40. The van der Waals surface area contributed by atoms with E-state index in [9.17, 15) is 34.6 Å². The van der Waals surface area contributed by atoms with Gasteiger partial charge in [-0.2, -0.15) is 5.26 Å². The second kappa shape index (κ2) is 8.83. The number of carbonyl (C=O) groups is 4. The Kier molecular flexibility index (Phi) is 5.64. The Balaban J connectivity index is 1.63. The number of nitro benzene ring substituents is 1. The fourth-order valence-electron chi connectivity index (χ4n) is 5.25. The fraction of sp³-hybridized carbons (Fsp3) is 0.192. The zero-order chi connectivity index (χ0) is 26.4. The number of ether oxygens (including phenoxy) is 1. The molecule has 2 aromatic rings. The van der Waals surface area contributed by atoms with Gasteiger partial charge >= 0.3 is 5.97 Å². The van der Waals surface area contributed by atoms with E-state index in [0.29, 0.717) is 0 Å². The van der Waals surface area contributed by atoms with Crippen LogP contribution in [-0.4, -0.2) is 52.6 Å². The van der Waals surface area contributed by atoms with Crippen LogP contribution >= 0.6 is 0 Å². The first-order chi connectivity index (χ1) is 17.8. The smallest absolute Gasteiger partial charge is 0.339 e. The number of hydrogen-bond acceptors (Lipinski definition) is 9. The first-order valence-electron chi connectivity index (χ1n) is 11.2. The molecule has 11 heteroatoms. The largest absolute Gasteiger partial charge is 0.465 e. The number of fused-ring (bicyclic) bond motifs is 3. The quantitative estimate of drug-likeness (QED) is 0.199. The third kappa shape index (κ3) is 3.58. The molecule has 0 N–H and O–H groups in total. The molecule has 0 saturated carbocycles. The van der Waals surface area contributed by atoms with Crippen LogP contribution in [0.25, 0.3) is 0 Å². The van der Waals surface area contributed by atoms with Crippen molar-refractivity contribution in [2.24, 2.45) is 11.8 Å². The molecule has 0 spiro atoms. The highest BCUT2D eigenvalue weighted by Crippen LogP contribution is 2.47. The summed E-state index contributed by atoms with van der Waals surface area (Å²) < 4.78 is 4.80. The number of hydrogen-bond donors (Lipinski definition) is 0. The lowest BCUT2D eigenvalue weighted by atomic mass is 9.86. The molecule has 11 nitrogen and oxygen atoms in total. The third-order valence-corrected chi connectivity index (χ3v) is 6.84. The second-order valence-corrected chi connectivity index (χ2v) is 8.68. The van der Waals surface area contributed by atoms with Gasteiger partial charge in [-0.1, -0.05) is 24.3 Å². The van der Waals surface area contributed by atoms with Gasteiger partial charge in [0.25, 0.3) is 5.69 Å². The number of benzene rings is 2. The number of nitro groups is 1.